The molecule has 0 atom stereocenters. The van der Waals surface area contributed by atoms with Crippen molar-refractivity contribution in [2.24, 2.45) is 0 Å². The van der Waals surface area contributed by atoms with E-state index in [4.69, 9.17) is 9.15 Å². The average molecular weight is 395 g/mol. The number of rotatable bonds is 6. The fourth-order valence-corrected chi connectivity index (χ4v) is 3.67. The molecule has 3 heterocycles. The lowest BCUT2D eigenvalue weighted by molar-refractivity contribution is -0.906. The van der Waals surface area contributed by atoms with E-state index in [-0.39, 0.29) is 5.91 Å². The van der Waals surface area contributed by atoms with E-state index < -0.39 is 0 Å². The smallest absolute Gasteiger partial charge is 0.270 e. The first-order valence-electron chi connectivity index (χ1n) is 10.0. The number of amides is 1. The van der Waals surface area contributed by atoms with Crippen molar-refractivity contribution in [3.63, 3.8) is 0 Å². The zero-order valence-corrected chi connectivity index (χ0v) is 16.9. The van der Waals surface area contributed by atoms with Crippen LogP contribution in [0.15, 0.2) is 47.1 Å². The monoisotopic (exact) mass is 395 g/mol. The molecule has 1 aliphatic heterocycles. The normalized spacial score (nSPS) is 14.8. The van der Waals surface area contributed by atoms with Gasteiger partial charge in [-0.05, 0) is 37.6 Å². The summed E-state index contributed by atoms with van der Waals surface area (Å²) < 4.78 is 12.6. The minimum absolute atomic E-state index is 0.136. The van der Waals surface area contributed by atoms with Crippen LogP contribution in [-0.4, -0.2) is 55.1 Å². The number of hydrogen-bond donors (Lipinski definition) is 2. The summed E-state index contributed by atoms with van der Waals surface area (Å²) in [5, 5.41) is 7.73. The van der Waals surface area contributed by atoms with Crippen molar-refractivity contribution in [2.45, 2.75) is 13.8 Å². The summed E-state index contributed by atoms with van der Waals surface area (Å²) in [6.07, 6.45) is 1.61. The second kappa shape index (κ2) is 8.63. The third kappa shape index (κ3) is 4.41. The third-order valence-corrected chi connectivity index (χ3v) is 5.26. The van der Waals surface area contributed by atoms with Crippen LogP contribution < -0.4 is 10.2 Å². The number of ether oxygens (including phenoxy) is 1. The number of carbonyl (C=O) groups excluding carboxylic acids is 1. The Kier molecular flexibility index (Phi) is 5.78. The number of carbonyl (C=O) groups is 1. The van der Waals surface area contributed by atoms with Gasteiger partial charge in [0.15, 0.2) is 5.76 Å². The number of aromatic nitrogens is 2. The molecule has 1 fully saturated rings. The fourth-order valence-electron chi connectivity index (χ4n) is 3.67. The number of benzene rings is 1. The van der Waals surface area contributed by atoms with Crippen LogP contribution >= 0.6 is 0 Å². The zero-order valence-electron chi connectivity index (χ0n) is 16.9. The predicted octanol–water partition coefficient (Wildman–Crippen LogP) is 1.39. The van der Waals surface area contributed by atoms with Gasteiger partial charge in [-0.3, -0.25) is 4.79 Å². The molecular weight excluding hydrogens is 368 g/mol. The summed E-state index contributed by atoms with van der Waals surface area (Å²) in [6.45, 7) is 9.12. The van der Waals surface area contributed by atoms with E-state index in [0.29, 0.717) is 23.7 Å². The van der Waals surface area contributed by atoms with E-state index in [1.54, 1.807) is 17.0 Å². The summed E-state index contributed by atoms with van der Waals surface area (Å²) >= 11 is 0. The van der Waals surface area contributed by atoms with E-state index in [9.17, 15) is 4.79 Å². The van der Waals surface area contributed by atoms with Gasteiger partial charge < -0.3 is 19.4 Å². The lowest BCUT2D eigenvalue weighted by Gasteiger charge is -2.23. The molecule has 1 aromatic carbocycles. The maximum Gasteiger partial charge on any atom is 0.270 e. The standard InChI is InChI=1S/C22H26N4O3/c1-16-5-6-19(17(2)14-16)26-20(15-18(24-26)21-4-3-11-29-21)22(27)23-7-8-25-9-12-28-13-10-25/h3-6,11,14-15H,7-10,12-13H2,1-2H3,(H,23,27)/p+1. The Morgan fingerprint density at radius 3 is 2.76 bits per heavy atom. The van der Waals surface area contributed by atoms with Crippen LogP contribution in [0.5, 0.6) is 0 Å². The van der Waals surface area contributed by atoms with Crippen LogP contribution in [0, 0.1) is 13.8 Å². The molecule has 0 radical (unpaired) electrons. The van der Waals surface area contributed by atoms with Gasteiger partial charge in [-0.1, -0.05) is 17.7 Å². The van der Waals surface area contributed by atoms with Crippen molar-refractivity contribution in [3.8, 4) is 17.1 Å². The topological polar surface area (TPSA) is 73.7 Å². The Morgan fingerprint density at radius 1 is 1.21 bits per heavy atom. The highest BCUT2D eigenvalue weighted by Gasteiger charge is 2.20. The van der Waals surface area contributed by atoms with Gasteiger partial charge >= 0.3 is 0 Å². The Hall–Kier alpha value is -2.90. The number of morpholine rings is 1. The lowest BCUT2D eigenvalue weighted by atomic mass is 10.1. The van der Waals surface area contributed by atoms with Gasteiger partial charge in [-0.15, -0.1) is 0 Å². The largest absolute Gasteiger partial charge is 0.463 e. The molecule has 0 saturated carbocycles. The number of hydrogen-bond acceptors (Lipinski definition) is 4. The number of aryl methyl sites for hydroxylation is 2. The summed E-state index contributed by atoms with van der Waals surface area (Å²) in [4.78, 5) is 14.5. The summed E-state index contributed by atoms with van der Waals surface area (Å²) in [6, 6.07) is 11.6. The Morgan fingerprint density at radius 2 is 2.03 bits per heavy atom. The third-order valence-electron chi connectivity index (χ3n) is 5.26. The molecule has 0 unspecified atom stereocenters. The highest BCUT2D eigenvalue weighted by Crippen LogP contribution is 2.24. The predicted molar refractivity (Wildman–Crippen MR) is 109 cm³/mol. The van der Waals surface area contributed by atoms with Crippen LogP contribution in [0.25, 0.3) is 17.1 Å². The van der Waals surface area contributed by atoms with Crippen molar-refractivity contribution < 1.29 is 18.8 Å². The van der Waals surface area contributed by atoms with E-state index in [2.05, 4.69) is 23.4 Å². The fraction of sp³-hybridized carbons (Fsp3) is 0.364. The van der Waals surface area contributed by atoms with Gasteiger partial charge in [0.2, 0.25) is 0 Å². The molecule has 4 rings (SSSR count). The molecule has 29 heavy (non-hydrogen) atoms. The van der Waals surface area contributed by atoms with Crippen LogP contribution in [-0.2, 0) is 4.74 Å². The molecule has 1 aliphatic rings. The van der Waals surface area contributed by atoms with E-state index in [1.807, 2.05) is 31.2 Å². The highest BCUT2D eigenvalue weighted by molar-refractivity contribution is 5.94. The summed E-state index contributed by atoms with van der Waals surface area (Å²) in [5.74, 6) is 0.503. The molecule has 7 nitrogen and oxygen atoms in total. The molecular formula is C22H27N4O3+. The summed E-state index contributed by atoms with van der Waals surface area (Å²) in [5.41, 5.74) is 4.26. The van der Waals surface area contributed by atoms with Gasteiger partial charge in [0, 0.05) is 6.07 Å². The Bertz CT molecular complexity index is 972. The quantitative estimate of drug-likeness (QED) is 0.662. The van der Waals surface area contributed by atoms with Crippen molar-refractivity contribution in [1.29, 1.82) is 0 Å². The van der Waals surface area contributed by atoms with Crippen molar-refractivity contribution in [3.05, 3.63) is 59.5 Å². The van der Waals surface area contributed by atoms with E-state index in [1.165, 1.54) is 10.5 Å². The molecule has 1 saturated heterocycles. The van der Waals surface area contributed by atoms with Crippen molar-refractivity contribution >= 4 is 5.91 Å². The lowest BCUT2D eigenvalue weighted by Crippen LogP contribution is -3.14. The number of furan rings is 1. The molecule has 2 aromatic heterocycles. The molecule has 152 valence electrons. The minimum Gasteiger partial charge on any atom is -0.463 e. The SMILES string of the molecule is Cc1ccc(-n2nc(-c3ccco3)cc2C(=O)NCC[NH+]2CCOCC2)c(C)c1. The molecule has 0 bridgehead atoms. The number of nitrogens with zero attached hydrogens (tertiary/aromatic N) is 2. The second-order valence-corrected chi connectivity index (χ2v) is 7.46. The molecule has 2 N–H and O–H groups in total. The second-order valence-electron chi connectivity index (χ2n) is 7.46. The van der Waals surface area contributed by atoms with Crippen molar-refractivity contribution in [1.82, 2.24) is 15.1 Å². The average Bonchev–Trinajstić information content (AvgIpc) is 3.39. The Labute approximate surface area is 170 Å². The van der Waals surface area contributed by atoms with Crippen LogP contribution in [0.1, 0.15) is 21.6 Å². The molecule has 0 spiro atoms. The zero-order chi connectivity index (χ0) is 20.2. The highest BCUT2D eigenvalue weighted by atomic mass is 16.5. The Balaban J connectivity index is 1.57. The van der Waals surface area contributed by atoms with E-state index in [0.717, 1.165) is 44.1 Å². The maximum atomic E-state index is 13.0. The summed E-state index contributed by atoms with van der Waals surface area (Å²) in [7, 11) is 0. The van der Waals surface area contributed by atoms with Gasteiger partial charge in [0.1, 0.15) is 24.5 Å². The van der Waals surface area contributed by atoms with Gasteiger partial charge in [-0.2, -0.15) is 5.10 Å². The molecule has 1 amide bonds. The van der Waals surface area contributed by atoms with E-state index >= 15 is 0 Å². The van der Waals surface area contributed by atoms with Crippen LogP contribution in [0.3, 0.4) is 0 Å². The number of quaternary nitrogens is 1. The van der Waals surface area contributed by atoms with Gasteiger partial charge in [-0.25, -0.2) is 4.68 Å². The molecule has 3 aromatic rings. The number of nitrogens with one attached hydrogen (secondary N) is 2. The first-order chi connectivity index (χ1) is 14.1. The molecule has 0 aliphatic carbocycles. The maximum absolute atomic E-state index is 13.0. The first kappa shape index (κ1) is 19.4. The van der Waals surface area contributed by atoms with Gasteiger partial charge in [0.25, 0.3) is 5.91 Å². The first-order valence-corrected chi connectivity index (χ1v) is 10.0. The van der Waals surface area contributed by atoms with Gasteiger partial charge in [0.05, 0.1) is 38.3 Å². The van der Waals surface area contributed by atoms with Crippen molar-refractivity contribution in [2.75, 3.05) is 39.4 Å². The minimum atomic E-state index is -0.136. The van der Waals surface area contributed by atoms with Crippen LogP contribution in [0.4, 0.5) is 0 Å². The molecule has 7 heteroatoms. The van der Waals surface area contributed by atoms with Crippen LogP contribution in [0.2, 0.25) is 0 Å².